The third kappa shape index (κ3) is 3.62. The highest BCUT2D eigenvalue weighted by atomic mass is 16.1. The van der Waals surface area contributed by atoms with E-state index in [1.54, 1.807) is 4.68 Å². The lowest BCUT2D eigenvalue weighted by molar-refractivity contribution is -0.119. The second kappa shape index (κ2) is 7.94. The highest BCUT2D eigenvalue weighted by Gasteiger charge is 2.58. The average molecular weight is 466 g/mol. The molecule has 2 fully saturated rings. The first kappa shape index (κ1) is 21.3. The molecule has 2 aromatic carbocycles. The van der Waals surface area contributed by atoms with E-state index >= 15 is 0 Å². The Morgan fingerprint density at radius 2 is 1.83 bits per heavy atom. The number of nitrogens with zero attached hydrogens (tertiary/aromatic N) is 4. The summed E-state index contributed by atoms with van der Waals surface area (Å²) in [5, 5.41) is 18.0. The second-order valence-corrected chi connectivity index (χ2v) is 9.60. The topological polar surface area (TPSA) is 113 Å². The maximum Gasteiger partial charge on any atom is 0.221 e. The number of hydrogen-bond donors (Lipinski definition) is 3. The number of benzene rings is 2. The number of aryl methyl sites for hydroxylation is 2. The molecular weight excluding hydrogens is 438 g/mol. The van der Waals surface area contributed by atoms with Gasteiger partial charge in [0.05, 0.1) is 28.8 Å². The summed E-state index contributed by atoms with van der Waals surface area (Å²) < 4.78 is 1.78. The van der Waals surface area contributed by atoms with Crippen LogP contribution < -0.4 is 16.0 Å². The summed E-state index contributed by atoms with van der Waals surface area (Å²) in [5.74, 6) is 1.52. The zero-order valence-corrected chi connectivity index (χ0v) is 19.7. The van der Waals surface area contributed by atoms with E-state index in [9.17, 15) is 4.79 Å². The summed E-state index contributed by atoms with van der Waals surface area (Å²) in [7, 11) is 1.89. The van der Waals surface area contributed by atoms with Gasteiger partial charge in [0, 0.05) is 48.8 Å². The van der Waals surface area contributed by atoms with Gasteiger partial charge in [-0.25, -0.2) is 4.98 Å². The van der Waals surface area contributed by atoms with Crippen LogP contribution >= 0.6 is 0 Å². The first-order valence-electron chi connectivity index (χ1n) is 11.8. The van der Waals surface area contributed by atoms with Gasteiger partial charge >= 0.3 is 0 Å². The number of fused-ring (bicyclic) bond motifs is 2. The number of nitrogens with two attached hydrogens (primary N) is 1. The number of nitrogens with one attached hydrogen (secondary N) is 2. The minimum Gasteiger partial charge on any atom is -0.369 e. The molecule has 8 heteroatoms. The van der Waals surface area contributed by atoms with Crippen molar-refractivity contribution in [3.05, 3.63) is 77.6 Å². The Morgan fingerprint density at radius 3 is 2.54 bits per heavy atom. The van der Waals surface area contributed by atoms with Crippen molar-refractivity contribution < 1.29 is 4.79 Å². The number of pyridine rings is 1. The lowest BCUT2D eigenvalue weighted by Gasteiger charge is -2.21. The molecule has 4 aromatic rings. The van der Waals surface area contributed by atoms with Gasteiger partial charge in [0.15, 0.2) is 0 Å². The number of aromatic nitrogens is 3. The summed E-state index contributed by atoms with van der Waals surface area (Å²) in [6.45, 7) is 3.70. The number of hydrogen-bond acceptors (Lipinski definition) is 6. The average Bonchev–Trinajstić information content (AvgIpc) is 3.14. The molecule has 0 spiro atoms. The summed E-state index contributed by atoms with van der Waals surface area (Å²) in [6.07, 6.45) is 3.78. The number of piperidine rings is 1. The molecule has 1 saturated carbocycles. The standard InChI is InChI=1S/C27H27N7O/c1-15-5-3-7-18(25(28)17-6-4-8-22-19(17)12-33(2)32-22)26(15)31-16-9-10-23(30-11-16)34-13-20-21(14-34)24(20)27(29)35/h3-12,20-21,24,28,31H,13-14H2,1-2H3,(H2,29,35). The molecule has 0 radical (unpaired) electrons. The van der Waals surface area contributed by atoms with Gasteiger partial charge in [-0.3, -0.25) is 14.9 Å². The van der Waals surface area contributed by atoms with E-state index in [0.29, 0.717) is 17.5 Å². The molecular formula is C27H27N7O. The fraction of sp³-hybridized carbons (Fsp3) is 0.259. The molecule has 0 bridgehead atoms. The minimum absolute atomic E-state index is 0.0412. The number of carbonyl (C=O) groups is 1. The van der Waals surface area contributed by atoms with Crippen molar-refractivity contribution >= 4 is 39.7 Å². The lowest BCUT2D eigenvalue weighted by atomic mass is 9.96. The number of primary amides is 1. The molecule has 8 nitrogen and oxygen atoms in total. The highest BCUT2D eigenvalue weighted by molar-refractivity contribution is 6.20. The third-order valence-corrected chi connectivity index (χ3v) is 7.34. The SMILES string of the molecule is Cc1cccc(C(=N)c2cccc3nn(C)cc23)c1Nc1ccc(N2CC3C(C2)C3C(N)=O)nc1. The second-order valence-electron chi connectivity index (χ2n) is 9.60. The normalized spacial score (nSPS) is 20.6. The monoisotopic (exact) mass is 465 g/mol. The largest absolute Gasteiger partial charge is 0.369 e. The Balaban J connectivity index is 1.25. The van der Waals surface area contributed by atoms with E-state index in [1.165, 1.54) is 0 Å². The fourth-order valence-electron chi connectivity index (χ4n) is 5.49. The quantitative estimate of drug-likeness (QED) is 0.377. The van der Waals surface area contributed by atoms with E-state index in [-0.39, 0.29) is 11.8 Å². The van der Waals surface area contributed by atoms with Gasteiger partial charge in [-0.1, -0.05) is 30.3 Å². The van der Waals surface area contributed by atoms with Crippen LogP contribution in [0, 0.1) is 30.1 Å². The summed E-state index contributed by atoms with van der Waals surface area (Å²) >= 11 is 0. The summed E-state index contributed by atoms with van der Waals surface area (Å²) in [5.41, 5.74) is 11.3. The van der Waals surface area contributed by atoms with Crippen LogP contribution in [-0.4, -0.2) is 39.5 Å². The molecule has 1 amide bonds. The number of carbonyl (C=O) groups excluding carboxylic acids is 1. The van der Waals surface area contributed by atoms with Crippen molar-refractivity contribution in [1.29, 1.82) is 5.41 Å². The van der Waals surface area contributed by atoms with Crippen molar-refractivity contribution in [2.75, 3.05) is 23.3 Å². The van der Waals surface area contributed by atoms with Crippen LogP contribution in [0.25, 0.3) is 10.9 Å². The van der Waals surface area contributed by atoms with Gasteiger partial charge < -0.3 is 16.0 Å². The summed E-state index contributed by atoms with van der Waals surface area (Å²) in [4.78, 5) is 18.4. The van der Waals surface area contributed by atoms with E-state index in [1.807, 2.05) is 74.9 Å². The maximum absolute atomic E-state index is 11.5. The van der Waals surface area contributed by atoms with E-state index in [0.717, 1.165) is 57.9 Å². The van der Waals surface area contributed by atoms with Crippen molar-refractivity contribution in [1.82, 2.24) is 14.8 Å². The minimum atomic E-state index is -0.175. The molecule has 1 aliphatic heterocycles. The smallest absolute Gasteiger partial charge is 0.221 e. The summed E-state index contributed by atoms with van der Waals surface area (Å²) in [6, 6.07) is 15.9. The van der Waals surface area contributed by atoms with Crippen molar-refractivity contribution in [2.24, 2.45) is 30.5 Å². The van der Waals surface area contributed by atoms with Crippen LogP contribution in [0.2, 0.25) is 0 Å². The molecule has 2 aliphatic rings. The molecule has 2 unspecified atom stereocenters. The molecule has 35 heavy (non-hydrogen) atoms. The molecule has 6 rings (SSSR count). The van der Waals surface area contributed by atoms with Gasteiger partial charge in [0.1, 0.15) is 5.82 Å². The Labute approximate surface area is 203 Å². The number of rotatable bonds is 6. The van der Waals surface area contributed by atoms with Crippen LogP contribution in [0.3, 0.4) is 0 Å². The number of amides is 1. The van der Waals surface area contributed by atoms with Gasteiger partial charge in [-0.2, -0.15) is 5.10 Å². The predicted molar refractivity (Wildman–Crippen MR) is 137 cm³/mol. The van der Waals surface area contributed by atoms with Gasteiger partial charge in [0.25, 0.3) is 0 Å². The Bertz CT molecular complexity index is 1460. The molecule has 2 atom stereocenters. The Morgan fingerprint density at radius 1 is 1.09 bits per heavy atom. The van der Waals surface area contributed by atoms with Gasteiger partial charge in [-0.15, -0.1) is 0 Å². The van der Waals surface area contributed by atoms with E-state index in [2.05, 4.69) is 20.3 Å². The van der Waals surface area contributed by atoms with Gasteiger partial charge in [0.2, 0.25) is 5.91 Å². The van der Waals surface area contributed by atoms with E-state index in [4.69, 9.17) is 11.1 Å². The molecule has 176 valence electrons. The van der Waals surface area contributed by atoms with Crippen LogP contribution in [0.1, 0.15) is 16.7 Å². The lowest BCUT2D eigenvalue weighted by Crippen LogP contribution is -2.28. The molecule has 2 aromatic heterocycles. The predicted octanol–water partition coefficient (Wildman–Crippen LogP) is 3.60. The van der Waals surface area contributed by atoms with Crippen LogP contribution in [0.15, 0.2) is 60.9 Å². The van der Waals surface area contributed by atoms with Crippen molar-refractivity contribution in [2.45, 2.75) is 6.92 Å². The molecule has 4 N–H and O–H groups in total. The van der Waals surface area contributed by atoms with E-state index < -0.39 is 0 Å². The number of anilines is 3. The van der Waals surface area contributed by atoms with Gasteiger partial charge in [-0.05, 0) is 42.5 Å². The zero-order chi connectivity index (χ0) is 24.3. The van der Waals surface area contributed by atoms with Crippen molar-refractivity contribution in [3.8, 4) is 0 Å². The molecule has 3 heterocycles. The van der Waals surface area contributed by atoms with Crippen LogP contribution in [-0.2, 0) is 11.8 Å². The Hall–Kier alpha value is -4.20. The maximum atomic E-state index is 11.5. The van der Waals surface area contributed by atoms with Crippen LogP contribution in [0.5, 0.6) is 0 Å². The Kier molecular flexibility index (Phi) is 4.84. The third-order valence-electron chi connectivity index (χ3n) is 7.34. The highest BCUT2D eigenvalue weighted by Crippen LogP contribution is 2.52. The molecule has 1 saturated heterocycles. The zero-order valence-electron chi connectivity index (χ0n) is 19.7. The fourth-order valence-corrected chi connectivity index (χ4v) is 5.49. The molecule has 1 aliphatic carbocycles. The first-order chi connectivity index (χ1) is 16.9. The van der Waals surface area contributed by atoms with Crippen molar-refractivity contribution in [3.63, 3.8) is 0 Å². The first-order valence-corrected chi connectivity index (χ1v) is 11.8. The van der Waals surface area contributed by atoms with Crippen LogP contribution in [0.4, 0.5) is 17.2 Å². The number of para-hydroxylation sites is 1.